The normalized spacial score (nSPS) is 14.4. The van der Waals surface area contributed by atoms with Crippen molar-refractivity contribution >= 4 is 13.8 Å². The topological polar surface area (TPSA) is 132 Å². The minimum Gasteiger partial charge on any atom is -0.457 e. The molecule has 318 valence electrons. The minimum atomic E-state index is -4.52. The molecule has 0 aromatic carbocycles. The predicted octanol–water partition coefficient (Wildman–Crippen LogP) is 12.0. The van der Waals surface area contributed by atoms with E-state index in [2.05, 4.69) is 50.3 Å². The quantitative estimate of drug-likeness (QED) is 0.0239. The Labute approximate surface area is 331 Å². The van der Waals surface area contributed by atoms with E-state index in [1.54, 1.807) is 0 Å². The summed E-state index contributed by atoms with van der Waals surface area (Å²) in [6.45, 7) is 3.40. The molecule has 0 rings (SSSR count). The molecule has 3 unspecified atom stereocenters. The van der Waals surface area contributed by atoms with Gasteiger partial charge in [0.15, 0.2) is 0 Å². The fraction of sp³-hybridized carbons (Fsp3) is 0.841. The summed E-state index contributed by atoms with van der Waals surface area (Å²) in [6.07, 6.45) is 43.8. The van der Waals surface area contributed by atoms with E-state index < -0.39 is 33.2 Å². The molecule has 0 aliphatic carbocycles. The van der Waals surface area contributed by atoms with Crippen molar-refractivity contribution < 1.29 is 43.0 Å². The number of carbonyl (C=O) groups excluding carboxylic acids is 1. The van der Waals surface area contributed by atoms with E-state index >= 15 is 0 Å². The molecule has 0 aliphatic rings. The molecule has 9 nitrogen and oxygen atoms in total. The van der Waals surface area contributed by atoms with E-state index in [1.165, 1.54) is 109 Å². The van der Waals surface area contributed by atoms with Crippen molar-refractivity contribution in [2.45, 2.75) is 206 Å². The molecule has 0 aromatic rings. The van der Waals surface area contributed by atoms with Crippen molar-refractivity contribution in [3.8, 4) is 0 Å². The average molecular weight is 787 g/mol. The summed E-state index contributed by atoms with van der Waals surface area (Å²) in [5.41, 5.74) is 0. The van der Waals surface area contributed by atoms with Crippen LogP contribution in [0.15, 0.2) is 36.5 Å². The standard InChI is InChI=1S/C44H83O9P/c1-3-5-7-9-11-13-15-17-19-21-22-24-26-28-30-32-34-36-44(47)53-43(41-52-54(48,49)51-39-42(46)38-45)40-50-37-35-33-31-29-27-25-23-20-18-16-14-12-10-8-6-4-2/h6,8,12,14,18,20,42-43,45-46H,3-5,7,9-11,13,15-17,19,21-41H2,1-2H3,(H,48,49)/b8-6-,14-12-,20-18-. The molecule has 0 aromatic heterocycles. The fourth-order valence-electron chi connectivity index (χ4n) is 6.02. The molecule has 0 bridgehead atoms. The first kappa shape index (κ1) is 52.7. The number of allylic oxidation sites excluding steroid dienone is 6. The third kappa shape index (κ3) is 40.3. The van der Waals surface area contributed by atoms with E-state index in [4.69, 9.17) is 23.6 Å². The second-order valence-electron chi connectivity index (χ2n) is 14.7. The summed E-state index contributed by atoms with van der Waals surface area (Å²) < 4.78 is 33.4. The van der Waals surface area contributed by atoms with Gasteiger partial charge in [0.2, 0.25) is 0 Å². The number of hydrogen-bond acceptors (Lipinski definition) is 8. The Kier molecular flexibility index (Phi) is 40.3. The zero-order chi connectivity index (χ0) is 39.6. The molecule has 0 aliphatic heterocycles. The van der Waals surface area contributed by atoms with Crippen LogP contribution < -0.4 is 0 Å². The van der Waals surface area contributed by atoms with Crippen LogP contribution in [0.2, 0.25) is 0 Å². The first-order valence-corrected chi connectivity index (χ1v) is 23.5. The van der Waals surface area contributed by atoms with E-state index in [9.17, 15) is 19.4 Å². The summed E-state index contributed by atoms with van der Waals surface area (Å²) in [6, 6.07) is 0. The molecule has 0 amide bonds. The highest BCUT2D eigenvalue weighted by molar-refractivity contribution is 7.47. The Bertz CT molecular complexity index is 939. The Morgan fingerprint density at radius 3 is 1.59 bits per heavy atom. The number of hydrogen-bond donors (Lipinski definition) is 3. The highest BCUT2D eigenvalue weighted by Gasteiger charge is 2.26. The first-order chi connectivity index (χ1) is 26.3. The second kappa shape index (κ2) is 41.3. The highest BCUT2D eigenvalue weighted by atomic mass is 31.2. The molecule has 3 atom stereocenters. The lowest BCUT2D eigenvalue weighted by Gasteiger charge is -2.20. The zero-order valence-electron chi connectivity index (χ0n) is 34.7. The Morgan fingerprint density at radius 2 is 1.06 bits per heavy atom. The van der Waals surface area contributed by atoms with E-state index in [0.717, 1.165) is 64.2 Å². The predicted molar refractivity (Wildman–Crippen MR) is 224 cm³/mol. The van der Waals surface area contributed by atoms with E-state index in [-0.39, 0.29) is 25.6 Å². The van der Waals surface area contributed by atoms with Crippen LogP contribution in [0.4, 0.5) is 0 Å². The lowest BCUT2D eigenvalue weighted by molar-refractivity contribution is -0.154. The largest absolute Gasteiger partial charge is 0.472 e. The van der Waals surface area contributed by atoms with Gasteiger partial charge in [-0.25, -0.2) is 4.57 Å². The van der Waals surface area contributed by atoms with Crippen molar-refractivity contribution in [1.29, 1.82) is 0 Å². The Morgan fingerprint density at radius 1 is 0.593 bits per heavy atom. The zero-order valence-corrected chi connectivity index (χ0v) is 35.6. The van der Waals surface area contributed by atoms with E-state index in [1.807, 2.05) is 0 Å². The van der Waals surface area contributed by atoms with Crippen molar-refractivity contribution in [3.63, 3.8) is 0 Å². The summed E-state index contributed by atoms with van der Waals surface area (Å²) in [4.78, 5) is 22.6. The second-order valence-corrected chi connectivity index (χ2v) is 16.1. The number of phosphoric acid groups is 1. The number of carbonyl (C=O) groups is 1. The van der Waals surface area contributed by atoms with Gasteiger partial charge in [0.25, 0.3) is 0 Å². The maximum atomic E-state index is 12.6. The Hall–Kier alpha value is -1.32. The van der Waals surface area contributed by atoms with Crippen LogP contribution >= 0.6 is 7.82 Å². The minimum absolute atomic E-state index is 0.0427. The monoisotopic (exact) mass is 787 g/mol. The van der Waals surface area contributed by atoms with Crippen LogP contribution in [0.5, 0.6) is 0 Å². The summed E-state index contributed by atoms with van der Waals surface area (Å²) >= 11 is 0. The molecule has 0 saturated carbocycles. The van der Waals surface area contributed by atoms with Gasteiger partial charge in [0.05, 0.1) is 26.4 Å². The third-order valence-corrected chi connectivity index (χ3v) is 10.3. The van der Waals surface area contributed by atoms with Crippen LogP contribution in [0.3, 0.4) is 0 Å². The van der Waals surface area contributed by atoms with Gasteiger partial charge in [-0.05, 0) is 44.9 Å². The van der Waals surface area contributed by atoms with Gasteiger partial charge >= 0.3 is 13.8 Å². The smallest absolute Gasteiger partial charge is 0.457 e. The molecule has 3 N–H and O–H groups in total. The van der Waals surface area contributed by atoms with Crippen molar-refractivity contribution in [1.82, 2.24) is 0 Å². The van der Waals surface area contributed by atoms with Crippen molar-refractivity contribution in [3.05, 3.63) is 36.5 Å². The molecule has 54 heavy (non-hydrogen) atoms. The lowest BCUT2D eigenvalue weighted by Crippen LogP contribution is -2.29. The number of aliphatic hydroxyl groups is 2. The van der Waals surface area contributed by atoms with Crippen LogP contribution in [0.25, 0.3) is 0 Å². The molecule has 10 heteroatoms. The van der Waals surface area contributed by atoms with Gasteiger partial charge in [-0.3, -0.25) is 13.8 Å². The molecule has 0 radical (unpaired) electrons. The van der Waals surface area contributed by atoms with Crippen LogP contribution in [0, 0.1) is 0 Å². The number of phosphoric ester groups is 1. The molecule has 0 saturated heterocycles. The number of unbranched alkanes of at least 4 members (excludes halogenated alkanes) is 22. The molecule has 0 heterocycles. The van der Waals surface area contributed by atoms with Crippen molar-refractivity contribution in [2.75, 3.05) is 33.0 Å². The van der Waals surface area contributed by atoms with Crippen LogP contribution in [-0.2, 0) is 27.9 Å². The third-order valence-electron chi connectivity index (χ3n) is 9.34. The van der Waals surface area contributed by atoms with Gasteiger partial charge in [0, 0.05) is 13.0 Å². The molecule has 0 fully saturated rings. The maximum Gasteiger partial charge on any atom is 0.472 e. The first-order valence-electron chi connectivity index (χ1n) is 22.0. The Balaban J connectivity index is 4.16. The SMILES string of the molecule is CC/C=C\C/C=C\C/C=C\CCCCCCCCOCC(COP(=O)(O)OCC(O)CO)OC(=O)CCCCCCCCCCCCCCCCCCC. The maximum absolute atomic E-state index is 12.6. The summed E-state index contributed by atoms with van der Waals surface area (Å²) in [7, 11) is -4.52. The lowest BCUT2D eigenvalue weighted by atomic mass is 10.0. The number of rotatable bonds is 42. The number of ether oxygens (including phenoxy) is 2. The fourth-order valence-corrected chi connectivity index (χ4v) is 6.81. The van der Waals surface area contributed by atoms with Gasteiger partial charge in [0.1, 0.15) is 12.2 Å². The van der Waals surface area contributed by atoms with Gasteiger partial charge in [-0.15, -0.1) is 0 Å². The van der Waals surface area contributed by atoms with Crippen LogP contribution in [-0.4, -0.2) is 66.3 Å². The summed E-state index contributed by atoms with van der Waals surface area (Å²) in [5.74, 6) is -0.385. The number of esters is 1. The van der Waals surface area contributed by atoms with Gasteiger partial charge in [-0.1, -0.05) is 179 Å². The molecular weight excluding hydrogens is 703 g/mol. The summed E-state index contributed by atoms with van der Waals surface area (Å²) in [5, 5.41) is 18.3. The van der Waals surface area contributed by atoms with Gasteiger partial charge < -0.3 is 24.6 Å². The average Bonchev–Trinajstić information content (AvgIpc) is 3.16. The van der Waals surface area contributed by atoms with Gasteiger partial charge in [-0.2, -0.15) is 0 Å². The molecular formula is C44H83O9P. The highest BCUT2D eigenvalue weighted by Crippen LogP contribution is 2.43. The van der Waals surface area contributed by atoms with Crippen molar-refractivity contribution in [2.24, 2.45) is 0 Å². The van der Waals surface area contributed by atoms with E-state index in [0.29, 0.717) is 6.61 Å². The number of aliphatic hydroxyl groups excluding tert-OH is 2. The van der Waals surface area contributed by atoms with Crippen LogP contribution in [0.1, 0.15) is 194 Å². The molecule has 0 spiro atoms.